The van der Waals surface area contributed by atoms with Crippen molar-refractivity contribution < 1.29 is 0 Å². The maximum atomic E-state index is 5.35. The number of aromatic amines is 1. The highest BCUT2D eigenvalue weighted by Crippen LogP contribution is 2.12. The molecule has 0 aromatic carbocycles. The summed E-state index contributed by atoms with van der Waals surface area (Å²) in [5.41, 5.74) is 0.969. The third-order valence-corrected chi connectivity index (χ3v) is 2.85. The van der Waals surface area contributed by atoms with Gasteiger partial charge in [0.15, 0.2) is 0 Å². The van der Waals surface area contributed by atoms with Crippen LogP contribution in [0.2, 0.25) is 0 Å². The van der Waals surface area contributed by atoms with Gasteiger partial charge in [-0.15, -0.1) is 0 Å². The first-order valence-corrected chi connectivity index (χ1v) is 5.06. The average molecular weight is 195 g/mol. The first-order valence-electron chi connectivity index (χ1n) is 4.65. The largest absolute Gasteiger partial charge is 0.361 e. The normalized spacial score (nSPS) is 17.4. The van der Waals surface area contributed by atoms with Gasteiger partial charge < -0.3 is 9.88 Å². The molecule has 2 heterocycles. The number of thiocarbonyl (C=S) groups is 1. The molecular weight excluding hydrogens is 182 g/mol. The highest BCUT2D eigenvalue weighted by molar-refractivity contribution is 7.80. The van der Waals surface area contributed by atoms with Crippen LogP contribution in [0.1, 0.15) is 25.0 Å². The Balaban J connectivity index is 2.04. The van der Waals surface area contributed by atoms with Crippen molar-refractivity contribution in [3.63, 3.8) is 0 Å². The fourth-order valence-electron chi connectivity index (χ4n) is 1.64. The summed E-state index contributed by atoms with van der Waals surface area (Å²) < 4.78 is 0. The molecule has 2 rings (SSSR count). The summed E-state index contributed by atoms with van der Waals surface area (Å²) in [5, 5.41) is 0. The Hall–Kier alpha value is -0.900. The van der Waals surface area contributed by atoms with Gasteiger partial charge in [-0.05, 0) is 19.3 Å². The zero-order chi connectivity index (χ0) is 9.10. The topological polar surface area (TPSA) is 31.9 Å². The summed E-state index contributed by atoms with van der Waals surface area (Å²) in [6, 6.07) is 0. The molecular formula is C9H13N3S. The van der Waals surface area contributed by atoms with Crippen LogP contribution in [-0.2, 0) is 0 Å². The molecule has 0 amide bonds. The maximum absolute atomic E-state index is 5.35. The predicted molar refractivity (Wildman–Crippen MR) is 55.7 cm³/mol. The number of imidazole rings is 1. The van der Waals surface area contributed by atoms with Gasteiger partial charge in [-0.1, -0.05) is 12.2 Å². The minimum absolute atomic E-state index is 0.914. The van der Waals surface area contributed by atoms with E-state index in [-0.39, 0.29) is 0 Å². The summed E-state index contributed by atoms with van der Waals surface area (Å²) in [4.78, 5) is 10.2. The van der Waals surface area contributed by atoms with Gasteiger partial charge in [-0.25, -0.2) is 4.98 Å². The molecule has 1 aliphatic rings. The van der Waals surface area contributed by atoms with E-state index in [0.29, 0.717) is 0 Å². The molecule has 0 atom stereocenters. The lowest BCUT2D eigenvalue weighted by Crippen LogP contribution is -2.35. The third-order valence-electron chi connectivity index (χ3n) is 2.37. The van der Waals surface area contributed by atoms with Crippen molar-refractivity contribution in [1.82, 2.24) is 14.9 Å². The number of hydrogen-bond donors (Lipinski definition) is 1. The van der Waals surface area contributed by atoms with Gasteiger partial charge in [0.1, 0.15) is 4.99 Å². The van der Waals surface area contributed by atoms with Crippen LogP contribution in [0, 0.1) is 0 Å². The first kappa shape index (κ1) is 8.69. The number of nitrogens with zero attached hydrogens (tertiary/aromatic N) is 2. The molecule has 0 unspecified atom stereocenters. The Morgan fingerprint density at radius 2 is 2.15 bits per heavy atom. The van der Waals surface area contributed by atoms with Crippen LogP contribution < -0.4 is 0 Å². The molecule has 0 spiro atoms. The molecule has 1 fully saturated rings. The van der Waals surface area contributed by atoms with Crippen molar-refractivity contribution in [1.29, 1.82) is 0 Å². The monoisotopic (exact) mass is 195 g/mol. The average Bonchev–Trinajstić information content (AvgIpc) is 2.71. The number of aromatic nitrogens is 2. The molecule has 0 bridgehead atoms. The second kappa shape index (κ2) is 3.87. The highest BCUT2D eigenvalue weighted by Gasteiger charge is 2.14. The molecule has 1 aliphatic heterocycles. The van der Waals surface area contributed by atoms with Crippen LogP contribution in [-0.4, -0.2) is 32.9 Å². The molecule has 70 valence electrons. The van der Waals surface area contributed by atoms with Crippen molar-refractivity contribution in [2.24, 2.45) is 0 Å². The Bertz CT molecular complexity index is 275. The van der Waals surface area contributed by atoms with Gasteiger partial charge in [-0.3, -0.25) is 0 Å². The van der Waals surface area contributed by atoms with Crippen LogP contribution in [0.25, 0.3) is 0 Å². The quantitative estimate of drug-likeness (QED) is 0.690. The van der Waals surface area contributed by atoms with E-state index in [1.807, 2.05) is 0 Å². The molecule has 1 N–H and O–H groups in total. The minimum atomic E-state index is 0.914. The van der Waals surface area contributed by atoms with E-state index in [1.54, 1.807) is 12.5 Å². The summed E-state index contributed by atoms with van der Waals surface area (Å²) in [5.74, 6) is 0. The minimum Gasteiger partial charge on any atom is -0.361 e. The van der Waals surface area contributed by atoms with Crippen molar-refractivity contribution in [2.45, 2.75) is 19.3 Å². The number of likely N-dealkylation sites (tertiary alicyclic amines) is 1. The first-order chi connectivity index (χ1) is 6.38. The standard InChI is InChI=1S/C9H13N3S/c13-9(8-6-10-7-11-8)12-4-2-1-3-5-12/h6-7H,1-5H2,(H,10,11). The Kier molecular flexibility index (Phi) is 2.59. The Morgan fingerprint density at radius 1 is 1.38 bits per heavy atom. The van der Waals surface area contributed by atoms with Gasteiger partial charge in [0.2, 0.25) is 0 Å². The van der Waals surface area contributed by atoms with Crippen LogP contribution in [0.4, 0.5) is 0 Å². The lowest BCUT2D eigenvalue weighted by Gasteiger charge is -2.28. The molecule has 3 nitrogen and oxygen atoms in total. The number of hydrogen-bond acceptors (Lipinski definition) is 2. The number of piperidine rings is 1. The Labute approximate surface area is 83.2 Å². The molecule has 13 heavy (non-hydrogen) atoms. The van der Waals surface area contributed by atoms with Crippen molar-refractivity contribution in [3.8, 4) is 0 Å². The summed E-state index contributed by atoms with van der Waals surface area (Å²) in [6.07, 6.45) is 7.31. The van der Waals surface area contributed by atoms with E-state index in [9.17, 15) is 0 Å². The fraction of sp³-hybridized carbons (Fsp3) is 0.556. The second-order valence-corrected chi connectivity index (χ2v) is 3.70. The summed E-state index contributed by atoms with van der Waals surface area (Å²) in [6.45, 7) is 2.19. The predicted octanol–water partition coefficient (Wildman–Crippen LogP) is 1.57. The highest BCUT2D eigenvalue weighted by atomic mass is 32.1. The number of H-pyrrole nitrogens is 1. The fourth-order valence-corrected chi connectivity index (χ4v) is 1.93. The van der Waals surface area contributed by atoms with E-state index in [1.165, 1.54) is 19.3 Å². The van der Waals surface area contributed by atoms with Crippen molar-refractivity contribution in [2.75, 3.05) is 13.1 Å². The smallest absolute Gasteiger partial charge is 0.127 e. The van der Waals surface area contributed by atoms with Crippen LogP contribution >= 0.6 is 12.2 Å². The summed E-state index contributed by atoms with van der Waals surface area (Å²) in [7, 11) is 0. The van der Waals surface area contributed by atoms with Crippen molar-refractivity contribution in [3.05, 3.63) is 18.2 Å². The van der Waals surface area contributed by atoms with Gasteiger partial charge in [0, 0.05) is 13.1 Å². The number of rotatable bonds is 1. The van der Waals surface area contributed by atoms with E-state index in [4.69, 9.17) is 12.2 Å². The van der Waals surface area contributed by atoms with Gasteiger partial charge in [0.05, 0.1) is 18.2 Å². The molecule has 0 aliphatic carbocycles. The molecule has 1 aromatic heterocycles. The van der Waals surface area contributed by atoms with Crippen LogP contribution in [0.15, 0.2) is 12.5 Å². The van der Waals surface area contributed by atoms with E-state index in [0.717, 1.165) is 23.8 Å². The van der Waals surface area contributed by atoms with Gasteiger partial charge in [-0.2, -0.15) is 0 Å². The van der Waals surface area contributed by atoms with Crippen LogP contribution in [0.3, 0.4) is 0 Å². The lowest BCUT2D eigenvalue weighted by molar-refractivity contribution is 0.347. The Morgan fingerprint density at radius 3 is 2.77 bits per heavy atom. The van der Waals surface area contributed by atoms with E-state index < -0.39 is 0 Å². The SMILES string of the molecule is S=C(c1cnc[nH]1)N1CCCCC1. The second-order valence-electron chi connectivity index (χ2n) is 3.32. The van der Waals surface area contributed by atoms with Gasteiger partial charge >= 0.3 is 0 Å². The van der Waals surface area contributed by atoms with E-state index >= 15 is 0 Å². The van der Waals surface area contributed by atoms with Gasteiger partial charge in [0.25, 0.3) is 0 Å². The molecule has 0 radical (unpaired) electrons. The zero-order valence-electron chi connectivity index (χ0n) is 7.49. The molecule has 1 saturated heterocycles. The van der Waals surface area contributed by atoms with Crippen molar-refractivity contribution >= 4 is 17.2 Å². The summed E-state index contributed by atoms with van der Waals surface area (Å²) >= 11 is 5.35. The lowest BCUT2D eigenvalue weighted by atomic mass is 10.1. The molecule has 0 saturated carbocycles. The maximum Gasteiger partial charge on any atom is 0.127 e. The number of nitrogens with one attached hydrogen (secondary N) is 1. The third kappa shape index (κ3) is 1.88. The molecule has 4 heteroatoms. The van der Waals surface area contributed by atoms with Crippen LogP contribution in [0.5, 0.6) is 0 Å². The molecule has 1 aromatic rings. The van der Waals surface area contributed by atoms with E-state index in [2.05, 4.69) is 14.9 Å². The zero-order valence-corrected chi connectivity index (χ0v) is 8.31.